The molecule has 0 aliphatic rings. The lowest BCUT2D eigenvalue weighted by molar-refractivity contribution is 0.157. The lowest BCUT2D eigenvalue weighted by atomic mass is 10.1. The molecule has 3 aromatic heterocycles. The largest absolute Gasteiger partial charge is 0.322 e. The fourth-order valence-corrected chi connectivity index (χ4v) is 5.37. The highest BCUT2D eigenvalue weighted by Gasteiger charge is 2.27. The van der Waals surface area contributed by atoms with Gasteiger partial charge in [-0.3, -0.25) is 9.69 Å². The second-order valence-corrected chi connectivity index (χ2v) is 10.2. The maximum Gasteiger partial charge on any atom is 0.252 e. The molecule has 5 aromatic rings. The Balaban J connectivity index is 1.52. The Morgan fingerprint density at radius 3 is 2.69 bits per heavy atom. The van der Waals surface area contributed by atoms with Gasteiger partial charge in [0.2, 0.25) is 0 Å². The summed E-state index contributed by atoms with van der Waals surface area (Å²) in [6.07, 6.45) is 1.85. The molecule has 0 radical (unpaired) electrons. The van der Waals surface area contributed by atoms with E-state index in [2.05, 4.69) is 74.1 Å². The molecule has 0 aliphatic carbocycles. The summed E-state index contributed by atoms with van der Waals surface area (Å²) in [6.45, 7) is 6.02. The van der Waals surface area contributed by atoms with Crippen molar-refractivity contribution in [2.75, 3.05) is 0 Å². The molecule has 2 aromatic carbocycles. The minimum absolute atomic E-state index is 0.0380. The smallest absolute Gasteiger partial charge is 0.252 e. The summed E-state index contributed by atoms with van der Waals surface area (Å²) in [5, 5.41) is 16.0. The van der Waals surface area contributed by atoms with E-state index in [0.29, 0.717) is 19.6 Å². The molecular formula is C28H30N6OS. The second-order valence-electron chi connectivity index (χ2n) is 9.18. The summed E-state index contributed by atoms with van der Waals surface area (Å²) < 4.78 is 1.89. The van der Waals surface area contributed by atoms with Crippen LogP contribution in [0.15, 0.2) is 76.9 Å². The van der Waals surface area contributed by atoms with Crippen LogP contribution in [0, 0.1) is 6.92 Å². The van der Waals surface area contributed by atoms with Crippen LogP contribution in [0.3, 0.4) is 0 Å². The highest BCUT2D eigenvalue weighted by atomic mass is 32.1. The van der Waals surface area contributed by atoms with Crippen LogP contribution >= 0.6 is 11.3 Å². The molecule has 7 nitrogen and oxygen atoms in total. The van der Waals surface area contributed by atoms with Crippen molar-refractivity contribution in [2.24, 2.45) is 0 Å². The third-order valence-corrected chi connectivity index (χ3v) is 7.29. The number of benzene rings is 2. The molecule has 36 heavy (non-hydrogen) atoms. The summed E-state index contributed by atoms with van der Waals surface area (Å²) in [7, 11) is 0. The standard InChI is InChI=1S/C28H30N6OS/c1-3-8-26(27-30-31-32-34(27)17-21-9-5-4-6-10-21)33(19-24-11-7-14-36-24)18-23-16-22-13-12-20(2)15-25(22)29-28(23)35/h4-7,9-16,26H,3,8,17-19H2,1-2H3,(H,29,35)/t26-/m1/s1. The molecule has 3 heterocycles. The first-order chi connectivity index (χ1) is 17.6. The zero-order valence-corrected chi connectivity index (χ0v) is 21.4. The van der Waals surface area contributed by atoms with Crippen molar-refractivity contribution in [3.63, 3.8) is 0 Å². The Bertz CT molecular complexity index is 1480. The first-order valence-corrected chi connectivity index (χ1v) is 13.2. The SMILES string of the molecule is CCC[C@H](c1nnnn1Cc1ccccc1)N(Cc1cccs1)Cc1cc2ccc(C)cc2[nH]c1=O. The summed E-state index contributed by atoms with van der Waals surface area (Å²) >= 11 is 1.72. The number of hydrogen-bond donors (Lipinski definition) is 1. The third kappa shape index (κ3) is 5.45. The molecule has 0 amide bonds. The maximum absolute atomic E-state index is 13.1. The van der Waals surface area contributed by atoms with Gasteiger partial charge in [-0.25, -0.2) is 4.68 Å². The highest BCUT2D eigenvalue weighted by Crippen LogP contribution is 2.29. The van der Waals surface area contributed by atoms with Crippen molar-refractivity contribution in [3.05, 3.63) is 110 Å². The van der Waals surface area contributed by atoms with E-state index in [9.17, 15) is 4.79 Å². The van der Waals surface area contributed by atoms with Crippen LogP contribution in [0.1, 0.15) is 53.2 Å². The van der Waals surface area contributed by atoms with Gasteiger partial charge in [0.1, 0.15) is 0 Å². The Morgan fingerprint density at radius 1 is 1.06 bits per heavy atom. The molecule has 0 saturated heterocycles. The molecule has 0 spiro atoms. The summed E-state index contributed by atoms with van der Waals surface area (Å²) in [5.74, 6) is 0.824. The molecule has 184 valence electrons. The van der Waals surface area contributed by atoms with Gasteiger partial charge in [0.05, 0.1) is 12.6 Å². The molecule has 1 N–H and O–H groups in total. The minimum Gasteiger partial charge on any atom is -0.322 e. The predicted octanol–water partition coefficient (Wildman–Crippen LogP) is 5.48. The number of aromatic nitrogens is 5. The topological polar surface area (TPSA) is 79.7 Å². The Kier molecular flexibility index (Phi) is 7.34. The number of pyridine rings is 1. The number of tetrazole rings is 1. The van der Waals surface area contributed by atoms with E-state index in [1.807, 2.05) is 41.9 Å². The molecule has 0 saturated carbocycles. The van der Waals surface area contributed by atoms with Gasteiger partial charge in [-0.15, -0.1) is 16.4 Å². The van der Waals surface area contributed by atoms with Crippen LogP contribution in [0.5, 0.6) is 0 Å². The summed E-state index contributed by atoms with van der Waals surface area (Å²) in [4.78, 5) is 19.8. The quantitative estimate of drug-likeness (QED) is 0.276. The summed E-state index contributed by atoms with van der Waals surface area (Å²) in [5.41, 5.74) is 3.82. The lowest BCUT2D eigenvalue weighted by Gasteiger charge is -2.30. The average molecular weight is 499 g/mol. The van der Waals surface area contributed by atoms with Crippen molar-refractivity contribution < 1.29 is 0 Å². The zero-order chi connectivity index (χ0) is 24.9. The number of H-pyrrole nitrogens is 1. The van der Waals surface area contributed by atoms with Gasteiger partial charge < -0.3 is 4.98 Å². The van der Waals surface area contributed by atoms with E-state index in [1.54, 1.807) is 11.3 Å². The third-order valence-electron chi connectivity index (χ3n) is 6.43. The average Bonchev–Trinajstić information content (AvgIpc) is 3.56. The van der Waals surface area contributed by atoms with E-state index < -0.39 is 0 Å². The second kappa shape index (κ2) is 11.0. The maximum atomic E-state index is 13.1. The highest BCUT2D eigenvalue weighted by molar-refractivity contribution is 7.09. The van der Waals surface area contributed by atoms with Gasteiger partial charge in [-0.2, -0.15) is 0 Å². The molecule has 0 aliphatic heterocycles. The van der Waals surface area contributed by atoms with E-state index >= 15 is 0 Å². The van der Waals surface area contributed by atoms with Gasteiger partial charge in [0.15, 0.2) is 5.82 Å². The van der Waals surface area contributed by atoms with Gasteiger partial charge in [0.25, 0.3) is 5.56 Å². The first-order valence-electron chi connectivity index (χ1n) is 12.3. The molecular weight excluding hydrogens is 468 g/mol. The van der Waals surface area contributed by atoms with E-state index in [1.165, 1.54) is 4.88 Å². The monoisotopic (exact) mass is 498 g/mol. The fourth-order valence-electron chi connectivity index (χ4n) is 4.64. The van der Waals surface area contributed by atoms with E-state index in [4.69, 9.17) is 0 Å². The molecule has 5 rings (SSSR count). The summed E-state index contributed by atoms with van der Waals surface area (Å²) in [6, 6.07) is 22.6. The van der Waals surface area contributed by atoms with Gasteiger partial charge in [-0.1, -0.05) is 61.9 Å². The number of nitrogens with one attached hydrogen (secondary N) is 1. The molecule has 0 unspecified atom stereocenters. The van der Waals surface area contributed by atoms with E-state index in [-0.39, 0.29) is 11.6 Å². The number of nitrogens with zero attached hydrogens (tertiary/aromatic N) is 5. The van der Waals surface area contributed by atoms with E-state index in [0.717, 1.165) is 46.3 Å². The van der Waals surface area contributed by atoms with Crippen LogP contribution in [0.4, 0.5) is 0 Å². The van der Waals surface area contributed by atoms with Crippen LogP contribution in [-0.2, 0) is 19.6 Å². The number of hydrogen-bond acceptors (Lipinski definition) is 6. The Morgan fingerprint density at radius 2 is 1.92 bits per heavy atom. The minimum atomic E-state index is -0.0524. The first kappa shape index (κ1) is 24.1. The van der Waals surface area contributed by atoms with Crippen molar-refractivity contribution >= 4 is 22.2 Å². The zero-order valence-electron chi connectivity index (χ0n) is 20.6. The van der Waals surface area contributed by atoms with Crippen LogP contribution in [-0.4, -0.2) is 30.1 Å². The number of thiophene rings is 1. The van der Waals surface area contributed by atoms with Crippen molar-refractivity contribution in [2.45, 2.75) is 52.4 Å². The molecule has 0 bridgehead atoms. The number of fused-ring (bicyclic) bond motifs is 1. The molecule has 0 fully saturated rings. The fraction of sp³-hybridized carbons (Fsp3) is 0.286. The molecule has 8 heteroatoms. The number of aryl methyl sites for hydroxylation is 1. The number of aromatic amines is 1. The van der Waals surface area contributed by atoms with Crippen molar-refractivity contribution in [3.8, 4) is 0 Å². The normalized spacial score (nSPS) is 12.4. The van der Waals surface area contributed by atoms with Gasteiger partial charge in [-0.05, 0) is 63.9 Å². The lowest BCUT2D eigenvalue weighted by Crippen LogP contribution is -2.32. The predicted molar refractivity (Wildman–Crippen MR) is 144 cm³/mol. The van der Waals surface area contributed by atoms with Gasteiger partial charge >= 0.3 is 0 Å². The van der Waals surface area contributed by atoms with Crippen LogP contribution in [0.2, 0.25) is 0 Å². The van der Waals surface area contributed by atoms with Crippen LogP contribution < -0.4 is 5.56 Å². The van der Waals surface area contributed by atoms with Crippen molar-refractivity contribution in [1.82, 2.24) is 30.1 Å². The Labute approximate surface area is 214 Å². The van der Waals surface area contributed by atoms with Crippen LogP contribution in [0.25, 0.3) is 10.9 Å². The number of rotatable bonds is 10. The van der Waals surface area contributed by atoms with Gasteiger partial charge in [0, 0.05) is 29.0 Å². The molecule has 1 atom stereocenters. The van der Waals surface area contributed by atoms with Crippen molar-refractivity contribution in [1.29, 1.82) is 0 Å². The Hall–Kier alpha value is -3.62.